The van der Waals surface area contributed by atoms with Crippen molar-refractivity contribution >= 4 is 40.5 Å². The van der Waals surface area contributed by atoms with Crippen LogP contribution in [-0.4, -0.2) is 52.7 Å². The highest BCUT2D eigenvalue weighted by Crippen LogP contribution is 2.26. The van der Waals surface area contributed by atoms with E-state index in [-0.39, 0.29) is 10.5 Å². The van der Waals surface area contributed by atoms with Gasteiger partial charge in [-0.3, -0.25) is 25.0 Å². The van der Waals surface area contributed by atoms with Crippen LogP contribution in [0.4, 0.5) is 9.52 Å². The minimum atomic E-state index is -0.583. The molecule has 3 aromatic rings. The molecule has 162 valence electrons. The number of aromatic amines is 1. The smallest absolute Gasteiger partial charge is 0.288 e. The van der Waals surface area contributed by atoms with Gasteiger partial charge in [0.25, 0.3) is 11.8 Å². The molecule has 3 heterocycles. The van der Waals surface area contributed by atoms with Crippen molar-refractivity contribution in [3.63, 3.8) is 0 Å². The number of ether oxygens (including phenoxy) is 1. The topological polar surface area (TPSA) is 104 Å². The van der Waals surface area contributed by atoms with Crippen LogP contribution in [0.5, 0.6) is 0 Å². The molecule has 9 nitrogen and oxygen atoms in total. The molecule has 0 atom stereocenters. The molecule has 12 heteroatoms. The number of thiazole rings is 1. The number of anilines is 1. The van der Waals surface area contributed by atoms with E-state index in [1.807, 2.05) is 0 Å². The number of carbonyl (C=O) groups excluding carboxylic acids is 2. The number of rotatable bonds is 4. The molecule has 1 aliphatic heterocycles. The first-order valence-electron chi connectivity index (χ1n) is 9.41. The molecule has 0 radical (unpaired) electrons. The summed E-state index contributed by atoms with van der Waals surface area (Å²) in [6.45, 7) is 4.41. The number of nitrogens with zero attached hydrogens (tertiary/aromatic N) is 3. The molecule has 2 amide bonds. The standard InChI is InChI=1S/C19H19FN6O3S2/c1-11-15(31-19(22-11)25-6-8-29-9-7-25)17(28)24-23-16(27)14-10-21-18(30)26(14)13-4-2-12(20)3-5-13/h2-5,10H,6-9H2,1H3,(H,21,30)(H,23,27)(H,24,28). The van der Waals surface area contributed by atoms with Gasteiger partial charge in [0.1, 0.15) is 16.4 Å². The van der Waals surface area contributed by atoms with Gasteiger partial charge in [0, 0.05) is 25.0 Å². The molecule has 1 fully saturated rings. The lowest BCUT2D eigenvalue weighted by molar-refractivity contribution is 0.0844. The summed E-state index contributed by atoms with van der Waals surface area (Å²) >= 11 is 6.49. The average molecular weight is 463 g/mol. The SMILES string of the molecule is Cc1nc(N2CCOCC2)sc1C(=O)NNC(=O)c1c[nH]c(=S)n1-c1ccc(F)cc1. The molecule has 0 spiro atoms. The Kier molecular flexibility index (Phi) is 6.11. The van der Waals surface area contributed by atoms with Crippen LogP contribution in [-0.2, 0) is 4.74 Å². The number of hydrogen-bond donors (Lipinski definition) is 3. The predicted molar refractivity (Wildman–Crippen MR) is 116 cm³/mol. The number of H-pyrrole nitrogens is 1. The maximum absolute atomic E-state index is 13.2. The second-order valence-electron chi connectivity index (χ2n) is 6.71. The van der Waals surface area contributed by atoms with Gasteiger partial charge in [0.15, 0.2) is 9.90 Å². The van der Waals surface area contributed by atoms with Crippen molar-refractivity contribution in [3.05, 3.63) is 57.3 Å². The van der Waals surface area contributed by atoms with Crippen molar-refractivity contribution in [2.75, 3.05) is 31.2 Å². The Hall–Kier alpha value is -3.09. The third kappa shape index (κ3) is 4.50. The summed E-state index contributed by atoms with van der Waals surface area (Å²) in [5.41, 5.74) is 6.06. The van der Waals surface area contributed by atoms with E-state index in [1.54, 1.807) is 6.92 Å². The average Bonchev–Trinajstić information content (AvgIpc) is 3.36. The van der Waals surface area contributed by atoms with Gasteiger partial charge in [-0.25, -0.2) is 9.37 Å². The quantitative estimate of drug-likeness (QED) is 0.406. The van der Waals surface area contributed by atoms with Crippen molar-refractivity contribution in [3.8, 4) is 5.69 Å². The van der Waals surface area contributed by atoms with Crippen LogP contribution >= 0.6 is 23.6 Å². The number of imidazole rings is 1. The van der Waals surface area contributed by atoms with E-state index in [2.05, 4.69) is 25.7 Å². The molecule has 3 N–H and O–H groups in total. The first-order chi connectivity index (χ1) is 14.9. The summed E-state index contributed by atoms with van der Waals surface area (Å²) in [5.74, 6) is -1.45. The number of hydrazine groups is 1. The summed E-state index contributed by atoms with van der Waals surface area (Å²) in [6.07, 6.45) is 1.42. The molecule has 0 aliphatic carbocycles. The van der Waals surface area contributed by atoms with Crippen LogP contribution in [0, 0.1) is 17.5 Å². The van der Waals surface area contributed by atoms with Crippen LogP contribution in [0.3, 0.4) is 0 Å². The van der Waals surface area contributed by atoms with E-state index >= 15 is 0 Å². The lowest BCUT2D eigenvalue weighted by atomic mass is 10.3. The number of morpholine rings is 1. The molecular formula is C19H19FN6O3S2. The fourth-order valence-electron chi connectivity index (χ4n) is 3.10. The summed E-state index contributed by atoms with van der Waals surface area (Å²) < 4.78 is 20.3. The Morgan fingerprint density at radius 2 is 1.87 bits per heavy atom. The number of amides is 2. The second-order valence-corrected chi connectivity index (χ2v) is 8.07. The van der Waals surface area contributed by atoms with E-state index in [0.717, 1.165) is 5.13 Å². The minimum Gasteiger partial charge on any atom is -0.378 e. The monoisotopic (exact) mass is 462 g/mol. The first kappa shape index (κ1) is 21.2. The Labute approximate surface area is 185 Å². The molecule has 4 rings (SSSR count). The largest absolute Gasteiger partial charge is 0.378 e. The Morgan fingerprint density at radius 1 is 1.19 bits per heavy atom. The third-order valence-electron chi connectivity index (χ3n) is 4.66. The highest BCUT2D eigenvalue weighted by atomic mass is 32.1. The van der Waals surface area contributed by atoms with Crippen molar-refractivity contribution in [1.82, 2.24) is 25.4 Å². The molecule has 0 unspecified atom stereocenters. The van der Waals surface area contributed by atoms with Crippen LogP contribution in [0.1, 0.15) is 25.9 Å². The lowest BCUT2D eigenvalue weighted by Crippen LogP contribution is -2.42. The fourth-order valence-corrected chi connectivity index (χ4v) is 4.38. The molecule has 1 saturated heterocycles. The molecule has 1 aromatic carbocycles. The van der Waals surface area contributed by atoms with E-state index in [4.69, 9.17) is 17.0 Å². The molecule has 2 aromatic heterocycles. The number of hydrogen-bond acceptors (Lipinski definition) is 7. The number of aryl methyl sites for hydroxylation is 1. The Morgan fingerprint density at radius 3 is 2.58 bits per heavy atom. The van der Waals surface area contributed by atoms with Crippen molar-refractivity contribution < 1.29 is 18.7 Å². The molecule has 0 saturated carbocycles. The number of aromatic nitrogens is 3. The van der Waals surface area contributed by atoms with E-state index in [9.17, 15) is 14.0 Å². The minimum absolute atomic E-state index is 0.159. The highest BCUT2D eigenvalue weighted by molar-refractivity contribution is 7.71. The van der Waals surface area contributed by atoms with Crippen LogP contribution in [0.15, 0.2) is 30.5 Å². The Balaban J connectivity index is 1.46. The van der Waals surface area contributed by atoms with Gasteiger partial charge in [0.2, 0.25) is 0 Å². The predicted octanol–water partition coefficient (Wildman–Crippen LogP) is 2.35. The maximum atomic E-state index is 13.2. The molecule has 0 bridgehead atoms. The van der Waals surface area contributed by atoms with Crippen LogP contribution < -0.4 is 15.8 Å². The van der Waals surface area contributed by atoms with E-state index in [1.165, 1.54) is 46.4 Å². The van der Waals surface area contributed by atoms with Gasteiger partial charge in [-0.05, 0) is 43.4 Å². The highest BCUT2D eigenvalue weighted by Gasteiger charge is 2.21. The third-order valence-corrected chi connectivity index (χ3v) is 6.17. The number of benzene rings is 1. The number of carbonyl (C=O) groups is 2. The summed E-state index contributed by atoms with van der Waals surface area (Å²) in [4.78, 5) is 35.0. The lowest BCUT2D eigenvalue weighted by Gasteiger charge is -2.25. The molecule has 31 heavy (non-hydrogen) atoms. The zero-order chi connectivity index (χ0) is 22.0. The maximum Gasteiger partial charge on any atom is 0.288 e. The summed E-state index contributed by atoms with van der Waals surface area (Å²) in [6, 6.07) is 5.54. The van der Waals surface area contributed by atoms with Gasteiger partial charge >= 0.3 is 0 Å². The summed E-state index contributed by atoms with van der Waals surface area (Å²) in [7, 11) is 0. The van der Waals surface area contributed by atoms with Gasteiger partial charge in [-0.1, -0.05) is 11.3 Å². The molecular weight excluding hydrogens is 443 g/mol. The summed E-state index contributed by atoms with van der Waals surface area (Å²) in [5, 5.41) is 0.743. The first-order valence-corrected chi connectivity index (χ1v) is 10.6. The van der Waals surface area contributed by atoms with Gasteiger partial charge in [-0.2, -0.15) is 0 Å². The van der Waals surface area contributed by atoms with Gasteiger partial charge in [0.05, 0.1) is 18.9 Å². The molecule has 1 aliphatic rings. The van der Waals surface area contributed by atoms with Crippen LogP contribution in [0.2, 0.25) is 0 Å². The second kappa shape index (κ2) is 8.96. The zero-order valence-electron chi connectivity index (χ0n) is 16.5. The van der Waals surface area contributed by atoms with E-state index < -0.39 is 17.6 Å². The number of nitrogens with one attached hydrogen (secondary N) is 3. The van der Waals surface area contributed by atoms with Crippen molar-refractivity contribution in [2.24, 2.45) is 0 Å². The Bertz CT molecular complexity index is 1160. The number of halogens is 1. The van der Waals surface area contributed by atoms with E-state index in [0.29, 0.717) is 42.6 Å². The van der Waals surface area contributed by atoms with Crippen LogP contribution in [0.25, 0.3) is 5.69 Å². The van der Waals surface area contributed by atoms with Crippen molar-refractivity contribution in [1.29, 1.82) is 0 Å². The van der Waals surface area contributed by atoms with Gasteiger partial charge < -0.3 is 14.6 Å². The zero-order valence-corrected chi connectivity index (χ0v) is 18.1. The van der Waals surface area contributed by atoms with Crippen molar-refractivity contribution in [2.45, 2.75) is 6.92 Å². The van der Waals surface area contributed by atoms with Gasteiger partial charge in [-0.15, -0.1) is 0 Å². The normalized spacial score (nSPS) is 13.8. The fraction of sp³-hybridized carbons (Fsp3) is 0.263.